The number of carbonyl (C=O) groups is 1. The van der Waals surface area contributed by atoms with Gasteiger partial charge in [0.05, 0.1) is 22.9 Å². The third kappa shape index (κ3) is 3.83. The van der Waals surface area contributed by atoms with Crippen LogP contribution in [0.4, 0.5) is 0 Å². The number of hydrogen-bond donors (Lipinski definition) is 1. The van der Waals surface area contributed by atoms with E-state index in [-0.39, 0.29) is 5.91 Å². The van der Waals surface area contributed by atoms with Gasteiger partial charge < -0.3 is 5.32 Å². The molecule has 1 aromatic carbocycles. The Balaban J connectivity index is 1.67. The maximum atomic E-state index is 12.3. The number of nitrogens with one attached hydrogen (secondary N) is 1. The van der Waals surface area contributed by atoms with Crippen molar-refractivity contribution in [2.45, 2.75) is 26.8 Å². The van der Waals surface area contributed by atoms with E-state index in [1.54, 1.807) is 0 Å². The van der Waals surface area contributed by atoms with Crippen molar-refractivity contribution >= 4 is 40.2 Å². The predicted molar refractivity (Wildman–Crippen MR) is 100.0 cm³/mol. The zero-order valence-electron chi connectivity index (χ0n) is 13.3. The highest BCUT2D eigenvalue weighted by Crippen LogP contribution is 2.24. The molecule has 0 atom stereocenters. The molecule has 2 heterocycles. The normalized spacial score (nSPS) is 10.8. The fourth-order valence-corrected chi connectivity index (χ4v) is 4.06. The van der Waals surface area contributed by atoms with Gasteiger partial charge in [0, 0.05) is 16.0 Å². The van der Waals surface area contributed by atoms with Crippen LogP contribution in [0, 0.1) is 6.92 Å². The maximum Gasteiger partial charge on any atom is 0.263 e. The lowest BCUT2D eigenvalue weighted by atomic mass is 10.2. The van der Waals surface area contributed by atoms with Crippen molar-refractivity contribution in [1.29, 1.82) is 0 Å². The number of amides is 1. The summed E-state index contributed by atoms with van der Waals surface area (Å²) in [5.41, 5.74) is 2.76. The minimum absolute atomic E-state index is 0.0827. The zero-order chi connectivity index (χ0) is 17.1. The second-order valence-electron chi connectivity index (χ2n) is 5.18. The average Bonchev–Trinajstić information content (AvgIpc) is 3.19. The Morgan fingerprint density at radius 1 is 1.25 bits per heavy atom. The van der Waals surface area contributed by atoms with Gasteiger partial charge in [0.2, 0.25) is 0 Å². The lowest BCUT2D eigenvalue weighted by Gasteiger charge is -2.02. The van der Waals surface area contributed by atoms with Gasteiger partial charge in [-0.15, -0.1) is 22.7 Å². The van der Waals surface area contributed by atoms with Crippen molar-refractivity contribution in [3.8, 4) is 11.3 Å². The first kappa shape index (κ1) is 17.1. The molecule has 1 N–H and O–H groups in total. The first-order valence-electron chi connectivity index (χ1n) is 7.51. The van der Waals surface area contributed by atoms with Crippen molar-refractivity contribution < 1.29 is 4.79 Å². The number of nitrogens with zero attached hydrogens (tertiary/aromatic N) is 2. The molecule has 3 aromatic rings. The van der Waals surface area contributed by atoms with Crippen LogP contribution in [-0.2, 0) is 13.0 Å². The Labute approximate surface area is 153 Å². The van der Waals surface area contributed by atoms with E-state index in [2.05, 4.69) is 15.3 Å². The Kier molecular flexibility index (Phi) is 5.28. The summed E-state index contributed by atoms with van der Waals surface area (Å²) in [5.74, 6) is -0.0827. The van der Waals surface area contributed by atoms with Gasteiger partial charge in [-0.05, 0) is 25.5 Å². The van der Waals surface area contributed by atoms with Crippen molar-refractivity contribution in [3.63, 3.8) is 0 Å². The van der Waals surface area contributed by atoms with Crippen molar-refractivity contribution in [2.24, 2.45) is 0 Å². The third-order valence-corrected chi connectivity index (χ3v) is 5.55. The van der Waals surface area contributed by atoms with E-state index in [1.807, 2.05) is 43.5 Å². The standard InChI is InChI=1S/C17H16ClN3OS2/c1-3-13-16(24-10(2)20-13)17(22)19-8-15-21-14(9-23-15)11-4-6-12(18)7-5-11/h4-7,9H,3,8H2,1-2H3,(H,19,22). The van der Waals surface area contributed by atoms with E-state index in [0.29, 0.717) is 16.4 Å². The van der Waals surface area contributed by atoms with E-state index in [0.717, 1.165) is 33.4 Å². The molecule has 0 aliphatic carbocycles. The Morgan fingerprint density at radius 2 is 2.00 bits per heavy atom. The number of aryl methyl sites for hydroxylation is 2. The van der Waals surface area contributed by atoms with Gasteiger partial charge in [0.1, 0.15) is 9.88 Å². The van der Waals surface area contributed by atoms with Crippen LogP contribution in [0.5, 0.6) is 0 Å². The summed E-state index contributed by atoms with van der Waals surface area (Å²) < 4.78 is 0. The van der Waals surface area contributed by atoms with Gasteiger partial charge >= 0.3 is 0 Å². The molecular formula is C17H16ClN3OS2. The molecule has 1 amide bonds. The number of benzene rings is 1. The first-order valence-corrected chi connectivity index (χ1v) is 9.59. The molecule has 0 unspecified atom stereocenters. The Hall–Kier alpha value is -1.76. The number of carbonyl (C=O) groups excluding carboxylic acids is 1. The molecule has 24 heavy (non-hydrogen) atoms. The summed E-state index contributed by atoms with van der Waals surface area (Å²) in [4.78, 5) is 22.0. The molecule has 0 spiro atoms. The third-order valence-electron chi connectivity index (χ3n) is 3.44. The highest BCUT2D eigenvalue weighted by Gasteiger charge is 2.15. The van der Waals surface area contributed by atoms with Crippen LogP contribution < -0.4 is 5.32 Å². The molecule has 2 aromatic heterocycles. The van der Waals surface area contributed by atoms with Crippen molar-refractivity contribution in [1.82, 2.24) is 15.3 Å². The number of rotatable bonds is 5. The summed E-state index contributed by atoms with van der Waals surface area (Å²) in [6, 6.07) is 7.56. The van der Waals surface area contributed by atoms with Gasteiger partial charge in [0.25, 0.3) is 5.91 Å². The topological polar surface area (TPSA) is 54.9 Å². The fraction of sp³-hybridized carbons (Fsp3) is 0.235. The molecule has 3 rings (SSSR count). The lowest BCUT2D eigenvalue weighted by Crippen LogP contribution is -2.22. The van der Waals surface area contributed by atoms with Crippen LogP contribution >= 0.6 is 34.3 Å². The highest BCUT2D eigenvalue weighted by atomic mass is 35.5. The van der Waals surface area contributed by atoms with Gasteiger partial charge in [0.15, 0.2) is 0 Å². The lowest BCUT2D eigenvalue weighted by molar-refractivity contribution is 0.0954. The second-order valence-corrected chi connectivity index (χ2v) is 7.76. The first-order chi connectivity index (χ1) is 11.6. The Morgan fingerprint density at radius 3 is 2.71 bits per heavy atom. The maximum absolute atomic E-state index is 12.3. The van der Waals surface area contributed by atoms with Gasteiger partial charge in [-0.25, -0.2) is 9.97 Å². The molecule has 0 aliphatic heterocycles. The van der Waals surface area contributed by atoms with E-state index >= 15 is 0 Å². The van der Waals surface area contributed by atoms with Crippen LogP contribution in [-0.4, -0.2) is 15.9 Å². The minimum atomic E-state index is -0.0827. The molecule has 124 valence electrons. The SMILES string of the molecule is CCc1nc(C)sc1C(=O)NCc1nc(-c2ccc(Cl)cc2)cs1. The number of halogens is 1. The molecule has 0 aliphatic rings. The fourth-order valence-electron chi connectivity index (χ4n) is 2.27. The molecule has 0 radical (unpaired) electrons. The van der Waals surface area contributed by atoms with Gasteiger partial charge in [-0.1, -0.05) is 30.7 Å². The van der Waals surface area contributed by atoms with Gasteiger partial charge in [-0.3, -0.25) is 4.79 Å². The average molecular weight is 378 g/mol. The summed E-state index contributed by atoms with van der Waals surface area (Å²) in [6.07, 6.45) is 0.755. The van der Waals surface area contributed by atoms with Crippen LogP contribution in [0.1, 0.15) is 32.3 Å². The molecule has 7 heteroatoms. The quantitative estimate of drug-likeness (QED) is 0.699. The van der Waals surface area contributed by atoms with Crippen LogP contribution in [0.2, 0.25) is 5.02 Å². The van der Waals surface area contributed by atoms with Crippen molar-refractivity contribution in [3.05, 3.63) is 55.3 Å². The Bertz CT molecular complexity index is 855. The summed E-state index contributed by atoms with van der Waals surface area (Å²) in [6.45, 7) is 4.33. The molecule has 0 bridgehead atoms. The van der Waals surface area contributed by atoms with Crippen LogP contribution in [0.3, 0.4) is 0 Å². The predicted octanol–water partition coefficient (Wildman–Crippen LogP) is 4.72. The van der Waals surface area contributed by atoms with Gasteiger partial charge in [-0.2, -0.15) is 0 Å². The molecule has 0 saturated carbocycles. The summed E-state index contributed by atoms with van der Waals surface area (Å²) >= 11 is 8.87. The second kappa shape index (κ2) is 7.42. The van der Waals surface area contributed by atoms with E-state index in [4.69, 9.17) is 11.6 Å². The van der Waals surface area contributed by atoms with Crippen LogP contribution in [0.15, 0.2) is 29.6 Å². The number of hydrogen-bond acceptors (Lipinski definition) is 5. The minimum Gasteiger partial charge on any atom is -0.345 e. The van der Waals surface area contributed by atoms with E-state index in [1.165, 1.54) is 22.7 Å². The zero-order valence-corrected chi connectivity index (χ0v) is 15.7. The van der Waals surface area contributed by atoms with Crippen LogP contribution in [0.25, 0.3) is 11.3 Å². The van der Waals surface area contributed by atoms with E-state index < -0.39 is 0 Å². The molecule has 4 nitrogen and oxygen atoms in total. The molecular weight excluding hydrogens is 362 g/mol. The van der Waals surface area contributed by atoms with Crippen molar-refractivity contribution in [2.75, 3.05) is 0 Å². The van der Waals surface area contributed by atoms with E-state index in [9.17, 15) is 4.79 Å². The smallest absolute Gasteiger partial charge is 0.263 e. The highest BCUT2D eigenvalue weighted by molar-refractivity contribution is 7.13. The number of aromatic nitrogens is 2. The molecule has 0 fully saturated rings. The monoisotopic (exact) mass is 377 g/mol. The summed E-state index contributed by atoms with van der Waals surface area (Å²) in [5, 5.41) is 7.40. The largest absolute Gasteiger partial charge is 0.345 e. The molecule has 0 saturated heterocycles. The number of thiazole rings is 2. The summed E-state index contributed by atoms with van der Waals surface area (Å²) in [7, 11) is 0.